The molecule has 0 radical (unpaired) electrons. The molecule has 5 heteroatoms. The van der Waals surface area contributed by atoms with Crippen LogP contribution in [0.3, 0.4) is 0 Å². The van der Waals surface area contributed by atoms with E-state index in [0.29, 0.717) is 12.5 Å². The molecule has 0 aromatic heterocycles. The lowest BCUT2D eigenvalue weighted by Gasteiger charge is -2.35. The van der Waals surface area contributed by atoms with E-state index < -0.39 is 0 Å². The lowest BCUT2D eigenvalue weighted by atomic mass is 10.2. The first-order valence-corrected chi connectivity index (χ1v) is 8.93. The van der Waals surface area contributed by atoms with Crippen molar-refractivity contribution in [2.75, 3.05) is 39.4 Å². The molecule has 0 spiro atoms. The van der Waals surface area contributed by atoms with Crippen molar-refractivity contribution in [3.05, 3.63) is 35.9 Å². The van der Waals surface area contributed by atoms with Crippen molar-refractivity contribution in [3.63, 3.8) is 0 Å². The van der Waals surface area contributed by atoms with E-state index in [4.69, 9.17) is 4.74 Å². The van der Waals surface area contributed by atoms with E-state index in [1.807, 2.05) is 37.3 Å². The zero-order chi connectivity index (χ0) is 17.4. The monoisotopic (exact) mass is 333 g/mol. The van der Waals surface area contributed by atoms with E-state index in [2.05, 4.69) is 29.0 Å². The molecule has 1 N–H and O–H groups in total. The highest BCUT2D eigenvalue weighted by Gasteiger charge is 2.19. The fourth-order valence-electron chi connectivity index (χ4n) is 2.85. The van der Waals surface area contributed by atoms with Gasteiger partial charge in [0, 0.05) is 39.4 Å². The Labute approximate surface area is 146 Å². The quantitative estimate of drug-likeness (QED) is 0.737. The number of nitrogens with one attached hydrogen (secondary N) is 1. The Morgan fingerprint density at radius 3 is 2.33 bits per heavy atom. The Bertz CT molecular complexity index is 485. The van der Waals surface area contributed by atoms with E-state index in [9.17, 15) is 4.79 Å². The summed E-state index contributed by atoms with van der Waals surface area (Å²) in [6.45, 7) is 12.9. The van der Waals surface area contributed by atoms with Gasteiger partial charge in [-0.25, -0.2) is 0 Å². The van der Waals surface area contributed by atoms with Crippen molar-refractivity contribution < 1.29 is 9.53 Å². The topological polar surface area (TPSA) is 44.8 Å². The number of hydrogen-bond donors (Lipinski definition) is 1. The van der Waals surface area contributed by atoms with Gasteiger partial charge in [0.05, 0.1) is 0 Å². The number of piperazine rings is 1. The second kappa shape index (κ2) is 9.77. The molecule has 0 amide bonds. The normalized spacial score (nSPS) is 17.8. The van der Waals surface area contributed by atoms with Crippen LogP contribution in [0, 0.1) is 5.92 Å². The van der Waals surface area contributed by atoms with Gasteiger partial charge in [0.15, 0.2) is 0 Å². The Kier molecular flexibility index (Phi) is 7.69. The van der Waals surface area contributed by atoms with Crippen LogP contribution < -0.4 is 5.32 Å². The predicted molar refractivity (Wildman–Crippen MR) is 96.6 cm³/mol. The van der Waals surface area contributed by atoms with Crippen molar-refractivity contribution in [3.8, 4) is 0 Å². The van der Waals surface area contributed by atoms with Crippen LogP contribution in [-0.4, -0.2) is 61.2 Å². The first-order valence-electron chi connectivity index (χ1n) is 8.93. The van der Waals surface area contributed by atoms with E-state index in [-0.39, 0.29) is 12.0 Å². The van der Waals surface area contributed by atoms with Gasteiger partial charge < -0.3 is 9.64 Å². The standard InChI is InChI=1S/C19H31N3O2/c1-16(2)13-21-9-11-22(12-10-21)15-20-17(3)19(23)24-14-18-7-5-4-6-8-18/h4-8,16-17,20H,9-15H2,1-3H3. The highest BCUT2D eigenvalue weighted by molar-refractivity contribution is 5.75. The summed E-state index contributed by atoms with van der Waals surface area (Å²) in [6.07, 6.45) is 0. The average Bonchev–Trinajstić information content (AvgIpc) is 2.59. The van der Waals surface area contributed by atoms with Crippen molar-refractivity contribution in [1.82, 2.24) is 15.1 Å². The predicted octanol–water partition coefficient (Wildman–Crippen LogP) is 1.94. The van der Waals surface area contributed by atoms with E-state index in [1.165, 1.54) is 6.54 Å². The Balaban J connectivity index is 1.62. The first kappa shape index (κ1) is 18.9. The van der Waals surface area contributed by atoms with Gasteiger partial charge in [-0.05, 0) is 18.4 Å². The number of carbonyl (C=O) groups excluding carboxylic acids is 1. The average molecular weight is 333 g/mol. The van der Waals surface area contributed by atoms with Gasteiger partial charge in [-0.1, -0.05) is 44.2 Å². The molecule has 1 saturated heterocycles. The van der Waals surface area contributed by atoms with Crippen molar-refractivity contribution in [2.24, 2.45) is 5.92 Å². The van der Waals surface area contributed by atoms with Crippen LogP contribution in [0.15, 0.2) is 30.3 Å². The van der Waals surface area contributed by atoms with Crippen LogP contribution in [-0.2, 0) is 16.1 Å². The highest BCUT2D eigenvalue weighted by Crippen LogP contribution is 2.05. The second-order valence-electron chi connectivity index (χ2n) is 6.99. The minimum Gasteiger partial charge on any atom is -0.460 e. The number of ether oxygens (including phenoxy) is 1. The maximum Gasteiger partial charge on any atom is 0.323 e. The molecule has 1 aromatic carbocycles. The molecule has 1 unspecified atom stereocenters. The third kappa shape index (κ3) is 6.59. The zero-order valence-electron chi connectivity index (χ0n) is 15.2. The van der Waals surface area contributed by atoms with E-state index in [0.717, 1.165) is 38.4 Å². The van der Waals surface area contributed by atoms with Crippen LogP contribution in [0.2, 0.25) is 0 Å². The molecule has 1 heterocycles. The third-order valence-corrected chi connectivity index (χ3v) is 4.29. The van der Waals surface area contributed by atoms with Crippen molar-refractivity contribution in [1.29, 1.82) is 0 Å². The Morgan fingerprint density at radius 1 is 1.08 bits per heavy atom. The largest absolute Gasteiger partial charge is 0.460 e. The number of hydrogen-bond acceptors (Lipinski definition) is 5. The van der Waals surface area contributed by atoms with Crippen LogP contribution in [0.1, 0.15) is 26.3 Å². The summed E-state index contributed by atoms with van der Waals surface area (Å²) >= 11 is 0. The zero-order valence-corrected chi connectivity index (χ0v) is 15.2. The summed E-state index contributed by atoms with van der Waals surface area (Å²) in [5, 5.41) is 3.28. The van der Waals surface area contributed by atoms with Crippen LogP contribution in [0.4, 0.5) is 0 Å². The molecule has 1 aliphatic rings. The van der Waals surface area contributed by atoms with Crippen LogP contribution >= 0.6 is 0 Å². The maximum absolute atomic E-state index is 12.1. The molecular weight excluding hydrogens is 302 g/mol. The molecule has 134 valence electrons. The van der Waals surface area contributed by atoms with Gasteiger partial charge in [-0.3, -0.25) is 15.0 Å². The summed E-state index contributed by atoms with van der Waals surface area (Å²) in [4.78, 5) is 16.9. The molecule has 2 rings (SSSR count). The summed E-state index contributed by atoms with van der Waals surface area (Å²) < 4.78 is 5.36. The lowest BCUT2D eigenvalue weighted by molar-refractivity contribution is -0.147. The Hall–Kier alpha value is -1.43. The molecule has 5 nitrogen and oxygen atoms in total. The van der Waals surface area contributed by atoms with Crippen molar-refractivity contribution in [2.45, 2.75) is 33.4 Å². The van der Waals surface area contributed by atoms with Gasteiger partial charge in [-0.15, -0.1) is 0 Å². The molecular formula is C19H31N3O2. The van der Waals surface area contributed by atoms with Gasteiger partial charge in [0.25, 0.3) is 0 Å². The molecule has 24 heavy (non-hydrogen) atoms. The molecule has 0 saturated carbocycles. The number of rotatable bonds is 8. The third-order valence-electron chi connectivity index (χ3n) is 4.29. The summed E-state index contributed by atoms with van der Waals surface area (Å²) in [6, 6.07) is 9.48. The fraction of sp³-hybridized carbons (Fsp3) is 0.632. The van der Waals surface area contributed by atoms with Crippen LogP contribution in [0.5, 0.6) is 0 Å². The lowest BCUT2D eigenvalue weighted by Crippen LogP contribution is -2.51. The van der Waals surface area contributed by atoms with E-state index >= 15 is 0 Å². The van der Waals surface area contributed by atoms with Crippen LogP contribution in [0.25, 0.3) is 0 Å². The minimum atomic E-state index is -0.289. The molecule has 1 atom stereocenters. The van der Waals surface area contributed by atoms with Crippen molar-refractivity contribution >= 4 is 5.97 Å². The van der Waals surface area contributed by atoms with E-state index in [1.54, 1.807) is 0 Å². The second-order valence-corrected chi connectivity index (χ2v) is 6.99. The van der Waals surface area contributed by atoms with Gasteiger partial charge in [0.1, 0.15) is 12.6 Å². The van der Waals surface area contributed by atoms with Gasteiger partial charge >= 0.3 is 5.97 Å². The highest BCUT2D eigenvalue weighted by atomic mass is 16.5. The molecule has 0 aliphatic carbocycles. The molecule has 1 aliphatic heterocycles. The number of nitrogens with zero attached hydrogens (tertiary/aromatic N) is 2. The molecule has 0 bridgehead atoms. The Morgan fingerprint density at radius 2 is 1.71 bits per heavy atom. The smallest absolute Gasteiger partial charge is 0.323 e. The number of carbonyl (C=O) groups is 1. The molecule has 1 fully saturated rings. The number of benzene rings is 1. The first-order chi connectivity index (χ1) is 11.5. The molecule has 1 aromatic rings. The van der Waals surface area contributed by atoms with Gasteiger partial charge in [-0.2, -0.15) is 0 Å². The van der Waals surface area contributed by atoms with Gasteiger partial charge in [0.2, 0.25) is 0 Å². The maximum atomic E-state index is 12.1. The minimum absolute atomic E-state index is 0.197. The summed E-state index contributed by atoms with van der Waals surface area (Å²) in [5.41, 5.74) is 1.01. The SMILES string of the molecule is CC(C)CN1CCN(CNC(C)C(=O)OCc2ccccc2)CC1. The summed E-state index contributed by atoms with van der Waals surface area (Å²) in [7, 11) is 0. The number of esters is 1. The summed E-state index contributed by atoms with van der Waals surface area (Å²) in [5.74, 6) is 0.520. The fourth-order valence-corrected chi connectivity index (χ4v) is 2.85.